The largest absolute Gasteiger partial charge is 0.490 e. The van der Waals surface area contributed by atoms with Crippen LogP contribution in [0.2, 0.25) is 0 Å². The Morgan fingerprint density at radius 2 is 2.19 bits per heavy atom. The molecule has 86 valence electrons. The van der Waals surface area contributed by atoms with E-state index in [1.807, 2.05) is 12.1 Å². The Kier molecular flexibility index (Phi) is 2.58. The predicted molar refractivity (Wildman–Crippen MR) is 61.4 cm³/mol. The lowest BCUT2D eigenvalue weighted by molar-refractivity contribution is 0.119. The van der Waals surface area contributed by atoms with E-state index in [9.17, 15) is 5.11 Å². The van der Waals surface area contributed by atoms with Crippen LogP contribution in [0.5, 0.6) is 5.75 Å². The molecule has 1 aliphatic heterocycles. The molecule has 1 heterocycles. The Morgan fingerprint density at radius 3 is 2.94 bits per heavy atom. The minimum Gasteiger partial charge on any atom is -0.490 e. The average Bonchev–Trinajstić information content (AvgIpc) is 2.24. The fraction of sp³-hybridized carbons (Fsp3) is 0.538. The summed E-state index contributed by atoms with van der Waals surface area (Å²) in [6.45, 7) is 1.48. The van der Waals surface area contributed by atoms with Gasteiger partial charge in [-0.05, 0) is 42.5 Å². The Labute approximate surface area is 95.4 Å². The van der Waals surface area contributed by atoms with Crippen LogP contribution in [-0.2, 0) is 6.54 Å². The smallest absolute Gasteiger partial charge is 0.120 e. The van der Waals surface area contributed by atoms with Crippen LogP contribution in [-0.4, -0.2) is 17.8 Å². The molecule has 1 unspecified atom stereocenters. The van der Waals surface area contributed by atoms with Gasteiger partial charge in [-0.1, -0.05) is 6.07 Å². The lowest BCUT2D eigenvalue weighted by Gasteiger charge is -2.28. The van der Waals surface area contributed by atoms with Crippen molar-refractivity contribution in [3.63, 3.8) is 0 Å². The van der Waals surface area contributed by atoms with Gasteiger partial charge in [0.25, 0.3) is 0 Å². The minimum atomic E-state index is -0.395. The molecule has 0 spiro atoms. The zero-order chi connectivity index (χ0) is 11.0. The molecule has 2 N–H and O–H groups in total. The third-order valence-corrected chi connectivity index (χ3v) is 3.48. The van der Waals surface area contributed by atoms with E-state index in [2.05, 4.69) is 11.4 Å². The van der Waals surface area contributed by atoms with Crippen LogP contribution < -0.4 is 10.1 Å². The minimum absolute atomic E-state index is 0.395. The van der Waals surface area contributed by atoms with E-state index in [-0.39, 0.29) is 0 Å². The maximum absolute atomic E-state index is 9.87. The van der Waals surface area contributed by atoms with Crippen molar-refractivity contribution >= 4 is 0 Å². The predicted octanol–water partition coefficient (Wildman–Crippen LogP) is 1.75. The summed E-state index contributed by atoms with van der Waals surface area (Å²) in [6.07, 6.45) is 3.62. The summed E-state index contributed by atoms with van der Waals surface area (Å²) in [6, 6.07) is 6.06. The Hall–Kier alpha value is -1.06. The summed E-state index contributed by atoms with van der Waals surface area (Å²) < 4.78 is 5.83. The molecule has 0 radical (unpaired) electrons. The lowest BCUT2D eigenvalue weighted by Crippen LogP contribution is -2.28. The quantitative estimate of drug-likeness (QED) is 0.796. The van der Waals surface area contributed by atoms with E-state index in [1.54, 1.807) is 0 Å². The van der Waals surface area contributed by atoms with Crippen molar-refractivity contribution in [2.45, 2.75) is 38.0 Å². The number of nitrogens with one attached hydrogen (secondary N) is 1. The topological polar surface area (TPSA) is 41.5 Å². The standard InChI is InChI=1S/C13H17NO2/c15-13-8-14-7-9-4-5-11(6-12(9)13)16-10-2-1-3-10/h4-6,10,13-15H,1-3,7-8H2. The van der Waals surface area contributed by atoms with Crippen LogP contribution in [0.25, 0.3) is 0 Å². The molecule has 3 heteroatoms. The van der Waals surface area contributed by atoms with Gasteiger partial charge in [-0.25, -0.2) is 0 Å². The van der Waals surface area contributed by atoms with Gasteiger partial charge in [-0.2, -0.15) is 0 Å². The number of aliphatic hydroxyl groups excluding tert-OH is 1. The fourth-order valence-corrected chi connectivity index (χ4v) is 2.25. The summed E-state index contributed by atoms with van der Waals surface area (Å²) in [4.78, 5) is 0. The molecule has 1 aromatic rings. The van der Waals surface area contributed by atoms with Gasteiger partial charge in [-0.3, -0.25) is 0 Å². The number of benzene rings is 1. The highest BCUT2D eigenvalue weighted by molar-refractivity contribution is 5.38. The average molecular weight is 219 g/mol. The van der Waals surface area contributed by atoms with Gasteiger partial charge in [0.05, 0.1) is 12.2 Å². The summed E-state index contributed by atoms with van der Waals surface area (Å²) in [5.74, 6) is 0.907. The zero-order valence-corrected chi connectivity index (χ0v) is 9.28. The second-order valence-corrected chi connectivity index (χ2v) is 4.68. The third-order valence-electron chi connectivity index (χ3n) is 3.48. The van der Waals surface area contributed by atoms with Crippen molar-refractivity contribution in [2.24, 2.45) is 0 Å². The van der Waals surface area contributed by atoms with Gasteiger partial charge < -0.3 is 15.2 Å². The first-order valence-electron chi connectivity index (χ1n) is 6.01. The summed E-state index contributed by atoms with van der Waals surface area (Å²) in [5.41, 5.74) is 2.20. The van der Waals surface area contributed by atoms with Crippen molar-refractivity contribution < 1.29 is 9.84 Å². The Balaban J connectivity index is 1.82. The second kappa shape index (κ2) is 4.07. The molecule has 16 heavy (non-hydrogen) atoms. The van der Waals surface area contributed by atoms with Crippen LogP contribution >= 0.6 is 0 Å². The highest BCUT2D eigenvalue weighted by Gasteiger charge is 2.21. The Bertz CT molecular complexity index is 388. The number of hydrogen-bond acceptors (Lipinski definition) is 3. The molecule has 3 nitrogen and oxygen atoms in total. The van der Waals surface area contributed by atoms with E-state index in [0.29, 0.717) is 12.6 Å². The first-order chi connectivity index (χ1) is 7.83. The molecule has 2 aliphatic rings. The molecular weight excluding hydrogens is 202 g/mol. The normalized spacial score (nSPS) is 24.7. The van der Waals surface area contributed by atoms with Crippen LogP contribution in [0.1, 0.15) is 36.5 Å². The van der Waals surface area contributed by atoms with Crippen molar-refractivity contribution in [3.8, 4) is 5.75 Å². The van der Waals surface area contributed by atoms with Gasteiger partial charge in [-0.15, -0.1) is 0 Å². The number of aliphatic hydroxyl groups is 1. The monoisotopic (exact) mass is 219 g/mol. The molecule has 1 aromatic carbocycles. The summed E-state index contributed by atoms with van der Waals surface area (Å²) >= 11 is 0. The SMILES string of the molecule is OC1CNCc2ccc(OC3CCC3)cc21. The van der Waals surface area contributed by atoms with E-state index in [0.717, 1.165) is 17.9 Å². The van der Waals surface area contributed by atoms with Crippen LogP contribution in [0.3, 0.4) is 0 Å². The first kappa shape index (κ1) is 10.1. The van der Waals surface area contributed by atoms with Gasteiger partial charge >= 0.3 is 0 Å². The molecule has 3 rings (SSSR count). The Morgan fingerprint density at radius 1 is 1.31 bits per heavy atom. The van der Waals surface area contributed by atoms with E-state index >= 15 is 0 Å². The lowest BCUT2D eigenvalue weighted by atomic mass is 9.95. The number of fused-ring (bicyclic) bond motifs is 1. The highest BCUT2D eigenvalue weighted by Crippen LogP contribution is 2.29. The van der Waals surface area contributed by atoms with Gasteiger partial charge in [0.15, 0.2) is 0 Å². The summed E-state index contributed by atoms with van der Waals surface area (Å²) in [7, 11) is 0. The van der Waals surface area contributed by atoms with Gasteiger partial charge in [0.2, 0.25) is 0 Å². The number of ether oxygens (including phenoxy) is 1. The molecule has 1 fully saturated rings. The fourth-order valence-electron chi connectivity index (χ4n) is 2.25. The van der Waals surface area contributed by atoms with Crippen LogP contribution in [0, 0.1) is 0 Å². The molecule has 1 aliphatic carbocycles. The van der Waals surface area contributed by atoms with Crippen molar-refractivity contribution in [2.75, 3.05) is 6.54 Å². The molecule has 1 atom stereocenters. The maximum atomic E-state index is 9.87. The molecule has 0 saturated heterocycles. The van der Waals surface area contributed by atoms with E-state index in [4.69, 9.17) is 4.74 Å². The van der Waals surface area contributed by atoms with Crippen LogP contribution in [0.4, 0.5) is 0 Å². The number of hydrogen-bond donors (Lipinski definition) is 2. The summed E-state index contributed by atoms with van der Waals surface area (Å²) in [5, 5.41) is 13.1. The number of rotatable bonds is 2. The van der Waals surface area contributed by atoms with E-state index < -0.39 is 6.10 Å². The van der Waals surface area contributed by atoms with Crippen molar-refractivity contribution in [1.82, 2.24) is 5.32 Å². The maximum Gasteiger partial charge on any atom is 0.120 e. The van der Waals surface area contributed by atoms with Gasteiger partial charge in [0, 0.05) is 13.1 Å². The first-order valence-corrected chi connectivity index (χ1v) is 6.01. The number of β-amino-alcohol motifs (C(OH)–C–C–N with tert-alkyl or cyclic N) is 1. The van der Waals surface area contributed by atoms with Crippen molar-refractivity contribution in [3.05, 3.63) is 29.3 Å². The molecule has 0 bridgehead atoms. The molecule has 0 aromatic heterocycles. The highest BCUT2D eigenvalue weighted by atomic mass is 16.5. The zero-order valence-electron chi connectivity index (χ0n) is 9.28. The third kappa shape index (κ3) is 1.81. The van der Waals surface area contributed by atoms with Crippen molar-refractivity contribution in [1.29, 1.82) is 0 Å². The van der Waals surface area contributed by atoms with E-state index in [1.165, 1.54) is 24.8 Å². The molecular formula is C13H17NO2. The molecule has 1 saturated carbocycles. The van der Waals surface area contributed by atoms with Crippen LogP contribution in [0.15, 0.2) is 18.2 Å². The molecule has 0 amide bonds. The van der Waals surface area contributed by atoms with Gasteiger partial charge in [0.1, 0.15) is 5.75 Å². The second-order valence-electron chi connectivity index (χ2n) is 4.68.